The van der Waals surface area contributed by atoms with E-state index in [0.717, 1.165) is 51.6 Å². The first-order chi connectivity index (χ1) is 10.7. The summed E-state index contributed by atoms with van der Waals surface area (Å²) >= 11 is 0. The summed E-state index contributed by atoms with van der Waals surface area (Å²) < 4.78 is 0. The van der Waals surface area contributed by atoms with Crippen LogP contribution in [0.5, 0.6) is 0 Å². The minimum Gasteiger partial charge on any atom is -0.354 e. The maximum absolute atomic E-state index is 12.5. The first-order valence-corrected chi connectivity index (χ1v) is 8.12. The average Bonchev–Trinajstić information content (AvgIpc) is 2.57. The predicted octanol–water partition coefficient (Wildman–Crippen LogP) is 0.867. The van der Waals surface area contributed by atoms with Crippen molar-refractivity contribution in [3.63, 3.8) is 0 Å². The molecule has 2 saturated heterocycles. The Morgan fingerprint density at radius 3 is 2.58 bits per heavy atom. The van der Waals surface area contributed by atoms with Crippen molar-refractivity contribution in [3.8, 4) is 0 Å². The van der Waals surface area contributed by atoms with E-state index in [9.17, 15) is 4.79 Å². The molecular weight excluding hydrogens is 349 g/mol. The van der Waals surface area contributed by atoms with Gasteiger partial charge >= 0.3 is 0 Å². The second-order valence-electron chi connectivity index (χ2n) is 6.09. The van der Waals surface area contributed by atoms with Gasteiger partial charge in [-0.1, -0.05) is 6.07 Å². The molecule has 2 aliphatic heterocycles. The van der Waals surface area contributed by atoms with Crippen molar-refractivity contribution in [1.29, 1.82) is 0 Å². The number of hydrogen-bond acceptors (Lipinski definition) is 5. The standard InChI is InChI=1S/C16H25N5O.2ClH/c1-14-12-17-6-7-21(14)16(22)13-19-8-10-20(11-9-19)15-4-2-3-5-18-15;;/h2-5,14,17H,6-13H2,1H3;2*1H/t14-;;/m1../s1. The first-order valence-electron chi connectivity index (χ1n) is 8.12. The van der Waals surface area contributed by atoms with Gasteiger partial charge in [0.05, 0.1) is 6.54 Å². The molecule has 0 aliphatic carbocycles. The van der Waals surface area contributed by atoms with Crippen LogP contribution in [0.2, 0.25) is 0 Å². The fourth-order valence-corrected chi connectivity index (χ4v) is 3.17. The van der Waals surface area contributed by atoms with Gasteiger partial charge in [-0.2, -0.15) is 0 Å². The highest BCUT2D eigenvalue weighted by atomic mass is 35.5. The first kappa shape index (κ1) is 21.0. The summed E-state index contributed by atoms with van der Waals surface area (Å²) in [6.07, 6.45) is 1.83. The molecular formula is C16H27Cl2N5O. The third-order valence-electron chi connectivity index (χ3n) is 4.53. The molecule has 3 rings (SSSR count). The molecule has 1 aromatic rings. The monoisotopic (exact) mass is 375 g/mol. The lowest BCUT2D eigenvalue weighted by atomic mass is 10.2. The van der Waals surface area contributed by atoms with Crippen LogP contribution in [0, 0.1) is 0 Å². The number of pyridine rings is 1. The van der Waals surface area contributed by atoms with Crippen molar-refractivity contribution in [2.75, 3.05) is 57.3 Å². The number of halogens is 2. The molecule has 2 fully saturated rings. The Balaban J connectivity index is 0.00000144. The van der Waals surface area contributed by atoms with Gasteiger partial charge in [-0.3, -0.25) is 9.69 Å². The van der Waals surface area contributed by atoms with Crippen LogP contribution in [0.4, 0.5) is 5.82 Å². The average molecular weight is 376 g/mol. The number of nitrogens with zero attached hydrogens (tertiary/aromatic N) is 4. The lowest BCUT2D eigenvalue weighted by molar-refractivity contribution is -0.135. The molecule has 0 aromatic carbocycles. The molecule has 1 N–H and O–H groups in total. The topological polar surface area (TPSA) is 51.7 Å². The zero-order valence-electron chi connectivity index (χ0n) is 14.1. The van der Waals surface area contributed by atoms with Gasteiger partial charge in [-0.25, -0.2) is 4.98 Å². The van der Waals surface area contributed by atoms with E-state index in [4.69, 9.17) is 0 Å². The van der Waals surface area contributed by atoms with Gasteiger partial charge in [0.15, 0.2) is 0 Å². The van der Waals surface area contributed by atoms with E-state index in [1.165, 1.54) is 0 Å². The second-order valence-corrected chi connectivity index (χ2v) is 6.09. The summed E-state index contributed by atoms with van der Waals surface area (Å²) in [5.74, 6) is 1.30. The van der Waals surface area contributed by atoms with Gasteiger partial charge < -0.3 is 15.1 Å². The second kappa shape index (κ2) is 10.0. The quantitative estimate of drug-likeness (QED) is 0.849. The van der Waals surface area contributed by atoms with E-state index in [1.54, 1.807) is 0 Å². The van der Waals surface area contributed by atoms with Gasteiger partial charge in [0.2, 0.25) is 5.91 Å². The Kier molecular flexibility index (Phi) is 8.76. The molecule has 136 valence electrons. The maximum Gasteiger partial charge on any atom is 0.237 e. The predicted molar refractivity (Wildman–Crippen MR) is 101 cm³/mol. The van der Waals surface area contributed by atoms with Crippen molar-refractivity contribution in [2.24, 2.45) is 0 Å². The van der Waals surface area contributed by atoms with Gasteiger partial charge in [0.1, 0.15) is 5.82 Å². The van der Waals surface area contributed by atoms with Crippen molar-refractivity contribution in [3.05, 3.63) is 24.4 Å². The van der Waals surface area contributed by atoms with Crippen LogP contribution >= 0.6 is 24.8 Å². The van der Waals surface area contributed by atoms with Crippen LogP contribution in [0.3, 0.4) is 0 Å². The summed E-state index contributed by atoms with van der Waals surface area (Å²) in [5.41, 5.74) is 0. The van der Waals surface area contributed by atoms with Crippen molar-refractivity contribution in [1.82, 2.24) is 20.1 Å². The number of carbonyl (C=O) groups excluding carboxylic acids is 1. The molecule has 6 nitrogen and oxygen atoms in total. The molecule has 1 amide bonds. The SMILES string of the molecule is C[C@@H]1CNCCN1C(=O)CN1CCN(c2ccccn2)CC1.Cl.Cl. The highest BCUT2D eigenvalue weighted by molar-refractivity contribution is 5.85. The summed E-state index contributed by atoms with van der Waals surface area (Å²) in [7, 11) is 0. The van der Waals surface area contributed by atoms with E-state index in [-0.39, 0.29) is 30.7 Å². The van der Waals surface area contributed by atoms with Gasteiger partial charge in [0, 0.05) is 58.1 Å². The third-order valence-corrected chi connectivity index (χ3v) is 4.53. The van der Waals surface area contributed by atoms with Crippen LogP contribution in [0.15, 0.2) is 24.4 Å². The fraction of sp³-hybridized carbons (Fsp3) is 0.625. The van der Waals surface area contributed by atoms with E-state index < -0.39 is 0 Å². The minimum absolute atomic E-state index is 0. The zero-order valence-corrected chi connectivity index (χ0v) is 15.7. The number of amides is 1. The van der Waals surface area contributed by atoms with Crippen LogP contribution in [-0.2, 0) is 4.79 Å². The molecule has 0 spiro atoms. The van der Waals surface area contributed by atoms with E-state index in [1.807, 2.05) is 29.3 Å². The Hall–Kier alpha value is -1.08. The molecule has 0 unspecified atom stereocenters. The van der Waals surface area contributed by atoms with Crippen LogP contribution < -0.4 is 10.2 Å². The molecule has 2 aliphatic rings. The van der Waals surface area contributed by atoms with Gasteiger partial charge in [-0.15, -0.1) is 24.8 Å². The molecule has 1 atom stereocenters. The largest absolute Gasteiger partial charge is 0.354 e. The summed E-state index contributed by atoms with van der Waals surface area (Å²) in [6, 6.07) is 6.30. The smallest absolute Gasteiger partial charge is 0.237 e. The summed E-state index contributed by atoms with van der Waals surface area (Å²) in [6.45, 7) is 8.99. The number of hydrogen-bond donors (Lipinski definition) is 1. The number of piperazine rings is 2. The molecule has 0 radical (unpaired) electrons. The Morgan fingerprint density at radius 1 is 1.21 bits per heavy atom. The van der Waals surface area contributed by atoms with E-state index in [2.05, 4.69) is 27.0 Å². The van der Waals surface area contributed by atoms with Crippen LogP contribution in [0.1, 0.15) is 6.92 Å². The number of anilines is 1. The van der Waals surface area contributed by atoms with Crippen molar-refractivity contribution >= 4 is 36.5 Å². The number of nitrogens with one attached hydrogen (secondary N) is 1. The Bertz CT molecular complexity index is 497. The van der Waals surface area contributed by atoms with Crippen molar-refractivity contribution < 1.29 is 4.79 Å². The van der Waals surface area contributed by atoms with Crippen LogP contribution in [-0.4, -0.2) is 79.1 Å². The molecule has 1 aromatic heterocycles. The maximum atomic E-state index is 12.5. The minimum atomic E-state index is 0. The molecule has 0 bridgehead atoms. The molecule has 8 heteroatoms. The molecule has 24 heavy (non-hydrogen) atoms. The number of carbonyl (C=O) groups is 1. The summed E-state index contributed by atoms with van der Waals surface area (Å²) in [4.78, 5) is 23.4. The third kappa shape index (κ3) is 5.21. The lowest BCUT2D eigenvalue weighted by Crippen LogP contribution is -2.56. The fourth-order valence-electron chi connectivity index (χ4n) is 3.17. The zero-order chi connectivity index (χ0) is 15.4. The molecule has 0 saturated carbocycles. The van der Waals surface area contributed by atoms with E-state index in [0.29, 0.717) is 12.6 Å². The normalized spacial score (nSPS) is 21.6. The van der Waals surface area contributed by atoms with Crippen LogP contribution in [0.25, 0.3) is 0 Å². The Morgan fingerprint density at radius 2 is 1.96 bits per heavy atom. The van der Waals surface area contributed by atoms with Gasteiger partial charge in [0.25, 0.3) is 0 Å². The molecule has 3 heterocycles. The number of aromatic nitrogens is 1. The van der Waals surface area contributed by atoms with Crippen molar-refractivity contribution in [2.45, 2.75) is 13.0 Å². The number of rotatable bonds is 3. The summed E-state index contributed by atoms with van der Waals surface area (Å²) in [5, 5.41) is 3.33. The lowest BCUT2D eigenvalue weighted by Gasteiger charge is -2.38. The Labute approximate surface area is 156 Å². The van der Waals surface area contributed by atoms with E-state index >= 15 is 0 Å². The highest BCUT2D eigenvalue weighted by Gasteiger charge is 2.26. The highest BCUT2D eigenvalue weighted by Crippen LogP contribution is 2.13. The van der Waals surface area contributed by atoms with Gasteiger partial charge in [-0.05, 0) is 19.1 Å².